The molecule has 0 fully saturated rings. The van der Waals surface area contributed by atoms with E-state index in [0.717, 1.165) is 11.3 Å². The van der Waals surface area contributed by atoms with Crippen molar-refractivity contribution in [3.8, 4) is 5.75 Å². The number of hydrogen-bond acceptors (Lipinski definition) is 3. The van der Waals surface area contributed by atoms with E-state index in [4.69, 9.17) is 10.5 Å². The number of para-hydroxylation sites is 1. The first-order valence-electron chi connectivity index (χ1n) is 7.17. The van der Waals surface area contributed by atoms with Gasteiger partial charge in [0.1, 0.15) is 12.4 Å². The monoisotopic (exact) mass is 278 g/mol. The maximum absolute atomic E-state index is 12.3. The Kier molecular flexibility index (Phi) is 6.02. The van der Waals surface area contributed by atoms with Crippen LogP contribution in [0.5, 0.6) is 5.75 Å². The van der Waals surface area contributed by atoms with Gasteiger partial charge in [0, 0.05) is 7.05 Å². The Morgan fingerprint density at radius 2 is 1.90 bits per heavy atom. The van der Waals surface area contributed by atoms with Gasteiger partial charge < -0.3 is 15.4 Å². The summed E-state index contributed by atoms with van der Waals surface area (Å²) >= 11 is 0. The lowest BCUT2D eigenvalue weighted by Crippen LogP contribution is -2.54. The highest BCUT2D eigenvalue weighted by Crippen LogP contribution is 2.17. The fourth-order valence-electron chi connectivity index (χ4n) is 2.05. The van der Waals surface area contributed by atoms with Crippen molar-refractivity contribution in [1.29, 1.82) is 0 Å². The van der Waals surface area contributed by atoms with Crippen molar-refractivity contribution < 1.29 is 9.53 Å². The van der Waals surface area contributed by atoms with E-state index in [-0.39, 0.29) is 5.91 Å². The highest BCUT2D eigenvalue weighted by Gasteiger charge is 2.32. The van der Waals surface area contributed by atoms with Gasteiger partial charge in [-0.15, -0.1) is 0 Å². The average Bonchev–Trinajstić information content (AvgIpc) is 2.47. The molecule has 20 heavy (non-hydrogen) atoms. The molecule has 1 aromatic rings. The van der Waals surface area contributed by atoms with Gasteiger partial charge in [0.2, 0.25) is 5.91 Å². The van der Waals surface area contributed by atoms with E-state index in [1.165, 1.54) is 0 Å². The summed E-state index contributed by atoms with van der Waals surface area (Å²) in [6.45, 7) is 6.89. The molecule has 0 saturated carbocycles. The van der Waals surface area contributed by atoms with Crippen LogP contribution in [-0.4, -0.2) is 36.5 Å². The first-order chi connectivity index (χ1) is 9.44. The molecular formula is C16H26N2O2. The van der Waals surface area contributed by atoms with Crippen molar-refractivity contribution in [2.45, 2.75) is 39.2 Å². The summed E-state index contributed by atoms with van der Waals surface area (Å²) in [5, 5.41) is 0. The molecule has 0 aliphatic carbocycles. The van der Waals surface area contributed by atoms with Crippen molar-refractivity contribution >= 4 is 5.91 Å². The first kappa shape index (κ1) is 16.5. The topological polar surface area (TPSA) is 55.6 Å². The number of benzene rings is 1. The van der Waals surface area contributed by atoms with Crippen LogP contribution >= 0.6 is 0 Å². The highest BCUT2D eigenvalue weighted by molar-refractivity contribution is 5.85. The molecule has 0 atom stereocenters. The summed E-state index contributed by atoms with van der Waals surface area (Å²) in [6, 6.07) is 7.85. The number of nitrogens with two attached hydrogens (primary N) is 1. The Bertz CT molecular complexity index is 442. The van der Waals surface area contributed by atoms with Gasteiger partial charge in [0.25, 0.3) is 0 Å². The van der Waals surface area contributed by atoms with E-state index < -0.39 is 5.54 Å². The molecule has 4 heteroatoms. The number of nitrogens with zero attached hydrogens (tertiary/aromatic N) is 1. The number of hydrogen-bond donors (Lipinski definition) is 1. The zero-order chi connectivity index (χ0) is 15.2. The Morgan fingerprint density at radius 1 is 1.30 bits per heavy atom. The van der Waals surface area contributed by atoms with Crippen LogP contribution in [0, 0.1) is 6.92 Å². The minimum atomic E-state index is -0.753. The van der Waals surface area contributed by atoms with Gasteiger partial charge in [-0.3, -0.25) is 4.79 Å². The summed E-state index contributed by atoms with van der Waals surface area (Å²) in [5.41, 5.74) is 6.46. The molecule has 0 saturated heterocycles. The standard InChI is InChI=1S/C16H26N2O2/c1-5-16(17,6-2)15(19)18(4)11-12-20-14-10-8-7-9-13(14)3/h7-10H,5-6,11-12,17H2,1-4H3. The molecule has 1 aromatic carbocycles. The molecule has 1 rings (SSSR count). The molecule has 4 nitrogen and oxygen atoms in total. The summed E-state index contributed by atoms with van der Waals surface area (Å²) in [6.07, 6.45) is 1.29. The van der Waals surface area contributed by atoms with E-state index in [1.54, 1.807) is 11.9 Å². The Balaban J connectivity index is 2.50. The smallest absolute Gasteiger partial charge is 0.242 e. The third-order valence-electron chi connectivity index (χ3n) is 3.81. The van der Waals surface area contributed by atoms with Crippen LogP contribution in [0.3, 0.4) is 0 Å². The second-order valence-electron chi connectivity index (χ2n) is 5.20. The minimum absolute atomic E-state index is 0.0177. The van der Waals surface area contributed by atoms with Crippen LogP contribution < -0.4 is 10.5 Å². The molecule has 2 N–H and O–H groups in total. The summed E-state index contributed by atoms with van der Waals surface area (Å²) in [4.78, 5) is 13.9. The van der Waals surface area contributed by atoms with E-state index in [0.29, 0.717) is 26.0 Å². The normalized spacial score (nSPS) is 11.2. The summed E-state index contributed by atoms with van der Waals surface area (Å²) in [7, 11) is 1.77. The van der Waals surface area contributed by atoms with Gasteiger partial charge in [-0.2, -0.15) is 0 Å². The lowest BCUT2D eigenvalue weighted by atomic mass is 9.92. The number of carbonyl (C=O) groups is 1. The van der Waals surface area contributed by atoms with Crippen molar-refractivity contribution in [1.82, 2.24) is 4.90 Å². The van der Waals surface area contributed by atoms with Gasteiger partial charge in [-0.05, 0) is 31.4 Å². The van der Waals surface area contributed by atoms with Crippen molar-refractivity contribution in [2.75, 3.05) is 20.2 Å². The first-order valence-corrected chi connectivity index (χ1v) is 7.17. The molecule has 0 bridgehead atoms. The number of aryl methyl sites for hydroxylation is 1. The Labute approximate surface area is 121 Å². The highest BCUT2D eigenvalue weighted by atomic mass is 16.5. The van der Waals surface area contributed by atoms with Crippen LogP contribution in [0.1, 0.15) is 32.3 Å². The molecule has 0 aliphatic rings. The van der Waals surface area contributed by atoms with E-state index in [9.17, 15) is 4.79 Å². The Hall–Kier alpha value is -1.55. The van der Waals surface area contributed by atoms with Crippen LogP contribution in [-0.2, 0) is 4.79 Å². The maximum atomic E-state index is 12.3. The van der Waals surface area contributed by atoms with Crippen LogP contribution in [0.15, 0.2) is 24.3 Å². The van der Waals surface area contributed by atoms with E-state index in [1.807, 2.05) is 45.0 Å². The SMILES string of the molecule is CCC(N)(CC)C(=O)N(C)CCOc1ccccc1C. The van der Waals surface area contributed by atoms with Crippen LogP contribution in [0.25, 0.3) is 0 Å². The molecule has 0 heterocycles. The van der Waals surface area contributed by atoms with Crippen LogP contribution in [0.2, 0.25) is 0 Å². The predicted molar refractivity (Wildman–Crippen MR) is 81.8 cm³/mol. The number of carbonyl (C=O) groups excluding carboxylic acids is 1. The lowest BCUT2D eigenvalue weighted by Gasteiger charge is -2.30. The fraction of sp³-hybridized carbons (Fsp3) is 0.562. The molecule has 0 radical (unpaired) electrons. The summed E-state index contributed by atoms with van der Waals surface area (Å²) in [5.74, 6) is 0.842. The molecule has 0 unspecified atom stereocenters. The zero-order valence-electron chi connectivity index (χ0n) is 13.0. The second-order valence-corrected chi connectivity index (χ2v) is 5.20. The molecule has 0 aliphatic heterocycles. The Morgan fingerprint density at radius 3 is 2.45 bits per heavy atom. The van der Waals surface area contributed by atoms with Gasteiger partial charge >= 0.3 is 0 Å². The van der Waals surface area contributed by atoms with Crippen molar-refractivity contribution in [3.63, 3.8) is 0 Å². The molecular weight excluding hydrogens is 252 g/mol. The third kappa shape index (κ3) is 3.97. The molecule has 0 spiro atoms. The van der Waals surface area contributed by atoms with Gasteiger partial charge in [-0.1, -0.05) is 32.0 Å². The van der Waals surface area contributed by atoms with E-state index >= 15 is 0 Å². The minimum Gasteiger partial charge on any atom is -0.491 e. The van der Waals surface area contributed by atoms with Crippen molar-refractivity contribution in [2.24, 2.45) is 5.73 Å². The molecule has 112 valence electrons. The third-order valence-corrected chi connectivity index (χ3v) is 3.81. The molecule has 1 amide bonds. The van der Waals surface area contributed by atoms with Gasteiger partial charge in [0.05, 0.1) is 12.1 Å². The quantitative estimate of drug-likeness (QED) is 0.833. The number of rotatable bonds is 7. The van der Waals surface area contributed by atoms with Gasteiger partial charge in [-0.25, -0.2) is 0 Å². The lowest BCUT2D eigenvalue weighted by molar-refractivity contribution is -0.136. The largest absolute Gasteiger partial charge is 0.491 e. The van der Waals surface area contributed by atoms with Gasteiger partial charge in [0.15, 0.2) is 0 Å². The van der Waals surface area contributed by atoms with Crippen molar-refractivity contribution in [3.05, 3.63) is 29.8 Å². The predicted octanol–water partition coefficient (Wildman–Crippen LogP) is 2.35. The average molecular weight is 278 g/mol. The number of likely N-dealkylation sites (N-methyl/N-ethyl adjacent to an activating group) is 1. The zero-order valence-corrected chi connectivity index (χ0v) is 13.0. The fourth-order valence-corrected chi connectivity index (χ4v) is 2.05. The van der Waals surface area contributed by atoms with Crippen LogP contribution in [0.4, 0.5) is 0 Å². The summed E-state index contributed by atoms with van der Waals surface area (Å²) < 4.78 is 5.70. The van der Waals surface area contributed by atoms with E-state index in [2.05, 4.69) is 0 Å². The maximum Gasteiger partial charge on any atom is 0.242 e. The number of amides is 1. The number of ether oxygens (including phenoxy) is 1. The second kappa shape index (κ2) is 7.29. The molecule has 0 aromatic heterocycles.